The molecule has 4 rings (SSSR count). The summed E-state index contributed by atoms with van der Waals surface area (Å²) < 4.78 is 8.52. The first-order chi connectivity index (χ1) is 18.6. The molecule has 9 nitrogen and oxygen atoms in total. The second-order valence-electron chi connectivity index (χ2n) is 9.09. The second kappa shape index (κ2) is 11.5. The van der Waals surface area contributed by atoms with Crippen LogP contribution in [0.4, 0.5) is 0 Å². The topological polar surface area (TPSA) is 120 Å². The van der Waals surface area contributed by atoms with Crippen molar-refractivity contribution in [2.75, 3.05) is 7.11 Å². The van der Waals surface area contributed by atoms with Crippen molar-refractivity contribution in [2.45, 2.75) is 25.8 Å². The van der Waals surface area contributed by atoms with E-state index in [1.807, 2.05) is 0 Å². The number of benzene rings is 2. The Labute approximate surface area is 229 Å². The molecule has 0 bridgehead atoms. The van der Waals surface area contributed by atoms with Crippen molar-refractivity contribution in [2.24, 2.45) is 7.05 Å². The van der Waals surface area contributed by atoms with Gasteiger partial charge < -0.3 is 14.4 Å². The number of carbonyl (C=O) groups is 3. The minimum Gasteiger partial charge on any atom is -0.495 e. The molecule has 0 saturated heterocycles. The summed E-state index contributed by atoms with van der Waals surface area (Å²) in [5.41, 5.74) is 2.05. The number of nitrogens with zero attached hydrogens (tertiary/aromatic N) is 3. The molecule has 0 fully saturated rings. The lowest BCUT2D eigenvalue weighted by Gasteiger charge is -2.21. The predicted octanol–water partition coefficient (Wildman–Crippen LogP) is 4.41. The summed E-state index contributed by atoms with van der Waals surface area (Å²) in [6, 6.07) is 13.0. The average Bonchev–Trinajstić information content (AvgIpc) is 3.31. The number of aromatic carboxylic acids is 1. The van der Waals surface area contributed by atoms with Crippen LogP contribution < -0.4 is 10.3 Å². The fourth-order valence-corrected chi connectivity index (χ4v) is 4.59. The largest absolute Gasteiger partial charge is 0.495 e. The summed E-state index contributed by atoms with van der Waals surface area (Å²) in [5.74, 6) is -1.26. The summed E-state index contributed by atoms with van der Waals surface area (Å²) in [5, 5.41) is 13.9. The van der Waals surface area contributed by atoms with E-state index < -0.39 is 17.6 Å². The van der Waals surface area contributed by atoms with Gasteiger partial charge >= 0.3 is 5.97 Å². The molecule has 0 aliphatic heterocycles. The third kappa shape index (κ3) is 6.15. The Hall–Kier alpha value is -4.50. The molecule has 0 aliphatic rings. The van der Waals surface area contributed by atoms with Crippen LogP contribution in [-0.2, 0) is 24.7 Å². The number of hydrogen-bond acceptors (Lipinski definition) is 6. The minimum absolute atomic E-state index is 0.0311. The molecule has 10 heteroatoms. The zero-order valence-corrected chi connectivity index (χ0v) is 22.3. The molecule has 200 valence electrons. The highest BCUT2D eigenvalue weighted by atomic mass is 35.5. The van der Waals surface area contributed by atoms with Gasteiger partial charge in [0.2, 0.25) is 0 Å². The van der Waals surface area contributed by atoms with Crippen LogP contribution in [0.3, 0.4) is 0 Å². The SMILES string of the molecule is COc1cn(C(Cc2ccn(C)n2)C(=O)Cc2ccc(C(=O)O)cc2)c(=O)cc1-c1cc(Cl)ccc1C(C)=O. The Morgan fingerprint density at radius 3 is 2.36 bits per heavy atom. The lowest BCUT2D eigenvalue weighted by atomic mass is 9.96. The van der Waals surface area contributed by atoms with Crippen LogP contribution in [0.2, 0.25) is 5.02 Å². The molecule has 1 N–H and O–H groups in total. The highest BCUT2D eigenvalue weighted by Crippen LogP contribution is 2.34. The highest BCUT2D eigenvalue weighted by molar-refractivity contribution is 6.31. The first-order valence-electron chi connectivity index (χ1n) is 12.0. The number of methoxy groups -OCH3 is 1. The molecule has 0 amide bonds. The van der Waals surface area contributed by atoms with Gasteiger partial charge in [-0.25, -0.2) is 4.79 Å². The number of ether oxygens (including phenoxy) is 1. The number of carboxylic acid groups (broad SMARTS) is 1. The average molecular weight is 548 g/mol. The predicted molar refractivity (Wildman–Crippen MR) is 146 cm³/mol. The van der Waals surface area contributed by atoms with Crippen LogP contribution in [-0.4, -0.2) is 44.1 Å². The molecule has 2 aromatic carbocycles. The van der Waals surface area contributed by atoms with E-state index in [1.165, 1.54) is 43.0 Å². The first kappa shape index (κ1) is 27.5. The number of aryl methyl sites for hydroxylation is 1. The van der Waals surface area contributed by atoms with Crippen molar-refractivity contribution in [1.82, 2.24) is 14.3 Å². The lowest BCUT2D eigenvalue weighted by Crippen LogP contribution is -2.32. The number of halogens is 1. The number of carbonyl (C=O) groups excluding carboxylic acids is 2. The second-order valence-corrected chi connectivity index (χ2v) is 9.53. The molecule has 39 heavy (non-hydrogen) atoms. The number of aromatic nitrogens is 3. The molecular formula is C29H26ClN3O6. The smallest absolute Gasteiger partial charge is 0.335 e. The van der Waals surface area contributed by atoms with E-state index in [1.54, 1.807) is 54.3 Å². The van der Waals surface area contributed by atoms with Gasteiger partial charge in [-0.2, -0.15) is 5.10 Å². The Kier molecular flexibility index (Phi) is 8.11. The van der Waals surface area contributed by atoms with Gasteiger partial charge in [-0.05, 0) is 54.4 Å². The molecule has 1 atom stereocenters. The quantitative estimate of drug-likeness (QED) is 0.292. The molecule has 1 unspecified atom stereocenters. The zero-order chi connectivity index (χ0) is 28.3. The Bertz CT molecular complexity index is 1620. The number of Topliss-reactive ketones (excluding diaryl/α,β-unsaturated/α-hetero) is 2. The molecular weight excluding hydrogens is 522 g/mol. The van der Waals surface area contributed by atoms with E-state index in [-0.39, 0.29) is 35.7 Å². The Balaban J connectivity index is 1.79. The summed E-state index contributed by atoms with van der Waals surface area (Å²) in [6.07, 6.45) is 3.32. The van der Waals surface area contributed by atoms with Crippen LogP contribution in [0.1, 0.15) is 44.9 Å². The normalized spacial score (nSPS) is 11.7. The van der Waals surface area contributed by atoms with Crippen molar-refractivity contribution in [3.05, 3.63) is 105 Å². The standard InChI is InChI=1S/C29H26ClN3O6/c1-17(34)22-9-8-20(30)13-23(22)24-15-28(36)33(16-27(24)39-3)25(14-21-10-11-32(2)31-21)26(35)12-18-4-6-19(7-5-18)29(37)38/h4-11,13,15-16,25H,12,14H2,1-3H3,(H,37,38). The maximum atomic E-state index is 13.6. The molecule has 4 aromatic rings. The van der Waals surface area contributed by atoms with E-state index in [0.717, 1.165) is 0 Å². The van der Waals surface area contributed by atoms with Gasteiger partial charge in [-0.1, -0.05) is 23.7 Å². The number of ketones is 2. The highest BCUT2D eigenvalue weighted by Gasteiger charge is 2.26. The summed E-state index contributed by atoms with van der Waals surface area (Å²) in [4.78, 5) is 50.6. The number of rotatable bonds is 10. The van der Waals surface area contributed by atoms with Crippen molar-refractivity contribution in [3.63, 3.8) is 0 Å². The van der Waals surface area contributed by atoms with Gasteiger partial charge in [0.15, 0.2) is 11.6 Å². The molecule has 2 aromatic heterocycles. The van der Waals surface area contributed by atoms with Gasteiger partial charge in [0.25, 0.3) is 5.56 Å². The van der Waals surface area contributed by atoms with E-state index >= 15 is 0 Å². The van der Waals surface area contributed by atoms with Gasteiger partial charge in [0, 0.05) is 48.3 Å². The third-order valence-electron chi connectivity index (χ3n) is 6.37. The maximum Gasteiger partial charge on any atom is 0.335 e. The van der Waals surface area contributed by atoms with Crippen molar-refractivity contribution < 1.29 is 24.2 Å². The Morgan fingerprint density at radius 2 is 1.77 bits per heavy atom. The monoisotopic (exact) mass is 547 g/mol. The van der Waals surface area contributed by atoms with Crippen LogP contribution in [0.25, 0.3) is 11.1 Å². The Morgan fingerprint density at radius 1 is 1.05 bits per heavy atom. The molecule has 0 saturated carbocycles. The zero-order valence-electron chi connectivity index (χ0n) is 21.6. The van der Waals surface area contributed by atoms with Crippen LogP contribution in [0, 0.1) is 0 Å². The molecule has 0 aliphatic carbocycles. The van der Waals surface area contributed by atoms with Crippen LogP contribution in [0.15, 0.2) is 71.8 Å². The number of carboxylic acids is 1. The van der Waals surface area contributed by atoms with Gasteiger partial charge in [-0.3, -0.25) is 19.1 Å². The van der Waals surface area contributed by atoms with E-state index in [9.17, 15) is 19.2 Å². The number of pyridine rings is 1. The van der Waals surface area contributed by atoms with Gasteiger partial charge in [-0.15, -0.1) is 0 Å². The van der Waals surface area contributed by atoms with Crippen molar-refractivity contribution in [1.29, 1.82) is 0 Å². The summed E-state index contributed by atoms with van der Waals surface area (Å²) >= 11 is 6.20. The lowest BCUT2D eigenvalue weighted by molar-refractivity contribution is -0.121. The van der Waals surface area contributed by atoms with E-state index in [2.05, 4.69) is 5.10 Å². The minimum atomic E-state index is -1.06. The summed E-state index contributed by atoms with van der Waals surface area (Å²) in [7, 11) is 3.19. The molecule has 0 radical (unpaired) electrons. The molecule has 2 heterocycles. The first-order valence-corrected chi connectivity index (χ1v) is 12.4. The van der Waals surface area contributed by atoms with E-state index in [0.29, 0.717) is 33.0 Å². The fraction of sp³-hybridized carbons (Fsp3) is 0.207. The van der Waals surface area contributed by atoms with Gasteiger partial charge in [0.1, 0.15) is 11.8 Å². The number of hydrogen-bond donors (Lipinski definition) is 1. The summed E-state index contributed by atoms with van der Waals surface area (Å²) in [6.45, 7) is 1.42. The maximum absolute atomic E-state index is 13.6. The van der Waals surface area contributed by atoms with Crippen molar-refractivity contribution >= 4 is 29.1 Å². The third-order valence-corrected chi connectivity index (χ3v) is 6.61. The fourth-order valence-electron chi connectivity index (χ4n) is 4.41. The van der Waals surface area contributed by atoms with Gasteiger partial charge in [0.05, 0.1) is 24.6 Å². The van der Waals surface area contributed by atoms with Crippen molar-refractivity contribution in [3.8, 4) is 16.9 Å². The van der Waals surface area contributed by atoms with Crippen LogP contribution >= 0.6 is 11.6 Å². The molecule has 0 spiro atoms. The van der Waals surface area contributed by atoms with E-state index in [4.69, 9.17) is 21.4 Å². The van der Waals surface area contributed by atoms with Crippen LogP contribution in [0.5, 0.6) is 5.75 Å².